The molecule has 0 aliphatic rings. The first-order valence-electron chi connectivity index (χ1n) is 5.89. The Labute approximate surface area is 103 Å². The van der Waals surface area contributed by atoms with Crippen LogP contribution in [0.1, 0.15) is 37.8 Å². The Hall–Kier alpha value is -1.57. The van der Waals surface area contributed by atoms with Crippen molar-refractivity contribution in [1.29, 1.82) is 0 Å². The number of aryl methyl sites for hydroxylation is 1. The maximum Gasteiger partial charge on any atom is 0.309 e. The van der Waals surface area contributed by atoms with E-state index in [0.717, 1.165) is 6.42 Å². The minimum absolute atomic E-state index is 0.643. The summed E-state index contributed by atoms with van der Waals surface area (Å²) in [5.74, 6) is -0.734. The summed E-state index contributed by atoms with van der Waals surface area (Å²) in [7, 11) is 0. The van der Waals surface area contributed by atoms with E-state index in [1.807, 2.05) is 18.2 Å². The highest BCUT2D eigenvalue weighted by atomic mass is 16.4. The zero-order valence-corrected chi connectivity index (χ0v) is 10.7. The van der Waals surface area contributed by atoms with Crippen LogP contribution in [0.4, 0.5) is 0 Å². The van der Waals surface area contributed by atoms with Gasteiger partial charge < -0.3 is 5.11 Å². The molecule has 0 spiro atoms. The molecule has 0 saturated carbocycles. The Morgan fingerprint density at radius 3 is 2.59 bits per heavy atom. The number of hydrogen-bond acceptors (Lipinski definition) is 1. The minimum atomic E-state index is -0.734. The van der Waals surface area contributed by atoms with Crippen LogP contribution < -0.4 is 0 Å². The van der Waals surface area contributed by atoms with Gasteiger partial charge in [-0.1, -0.05) is 36.4 Å². The highest BCUT2D eigenvalue weighted by Crippen LogP contribution is 2.23. The van der Waals surface area contributed by atoms with Crippen LogP contribution in [0, 0.1) is 12.3 Å². The largest absolute Gasteiger partial charge is 0.481 e. The van der Waals surface area contributed by atoms with E-state index in [-0.39, 0.29) is 0 Å². The van der Waals surface area contributed by atoms with Gasteiger partial charge in [-0.3, -0.25) is 4.79 Å². The van der Waals surface area contributed by atoms with Gasteiger partial charge in [0.2, 0.25) is 0 Å². The van der Waals surface area contributed by atoms with Crippen molar-refractivity contribution in [3.63, 3.8) is 0 Å². The van der Waals surface area contributed by atoms with E-state index in [4.69, 9.17) is 5.11 Å². The summed E-state index contributed by atoms with van der Waals surface area (Å²) >= 11 is 0. The molecule has 92 valence electrons. The zero-order valence-electron chi connectivity index (χ0n) is 10.7. The molecule has 0 unspecified atom stereocenters. The van der Waals surface area contributed by atoms with Crippen LogP contribution in [0.25, 0.3) is 6.08 Å². The van der Waals surface area contributed by atoms with Gasteiger partial charge in [0.05, 0.1) is 5.41 Å². The molecule has 1 N–H and O–H groups in total. The molecule has 0 aliphatic heterocycles. The molecule has 2 heteroatoms. The van der Waals surface area contributed by atoms with Gasteiger partial charge in [0.1, 0.15) is 0 Å². The second-order valence-corrected chi connectivity index (χ2v) is 4.99. The van der Waals surface area contributed by atoms with Gasteiger partial charge in [0.15, 0.2) is 0 Å². The lowest BCUT2D eigenvalue weighted by atomic mass is 9.88. The Bertz CT molecular complexity index is 417. The van der Waals surface area contributed by atoms with Crippen molar-refractivity contribution in [2.45, 2.75) is 33.6 Å². The molecule has 0 aromatic heterocycles. The molecule has 17 heavy (non-hydrogen) atoms. The fraction of sp³-hybridized carbons (Fsp3) is 0.400. The first-order valence-corrected chi connectivity index (χ1v) is 5.89. The molecule has 0 amide bonds. The van der Waals surface area contributed by atoms with Crippen molar-refractivity contribution in [3.05, 3.63) is 41.5 Å². The third-order valence-corrected chi connectivity index (χ3v) is 3.00. The molecule has 0 heterocycles. The lowest BCUT2D eigenvalue weighted by molar-refractivity contribution is -0.147. The highest BCUT2D eigenvalue weighted by Gasteiger charge is 2.25. The van der Waals surface area contributed by atoms with Gasteiger partial charge in [0, 0.05) is 0 Å². The molecule has 1 aromatic carbocycles. The number of aliphatic carboxylic acids is 1. The van der Waals surface area contributed by atoms with E-state index in [1.165, 1.54) is 11.1 Å². The second kappa shape index (κ2) is 5.67. The number of rotatable bonds is 5. The fourth-order valence-electron chi connectivity index (χ4n) is 1.54. The average Bonchev–Trinajstić information content (AvgIpc) is 2.26. The van der Waals surface area contributed by atoms with E-state index < -0.39 is 11.4 Å². The summed E-state index contributed by atoms with van der Waals surface area (Å²) in [5, 5.41) is 8.98. The fourth-order valence-corrected chi connectivity index (χ4v) is 1.54. The van der Waals surface area contributed by atoms with Crippen molar-refractivity contribution in [3.8, 4) is 0 Å². The monoisotopic (exact) mass is 232 g/mol. The maximum atomic E-state index is 10.9. The Balaban J connectivity index is 2.52. The van der Waals surface area contributed by atoms with E-state index in [2.05, 4.69) is 25.1 Å². The normalized spacial score (nSPS) is 11.9. The smallest absolute Gasteiger partial charge is 0.309 e. The maximum absolute atomic E-state index is 10.9. The molecule has 0 bridgehead atoms. The van der Waals surface area contributed by atoms with Crippen LogP contribution in [0.2, 0.25) is 0 Å². The quantitative estimate of drug-likeness (QED) is 0.836. The van der Waals surface area contributed by atoms with Crippen molar-refractivity contribution in [2.24, 2.45) is 5.41 Å². The van der Waals surface area contributed by atoms with E-state index in [9.17, 15) is 4.79 Å². The summed E-state index contributed by atoms with van der Waals surface area (Å²) < 4.78 is 0. The van der Waals surface area contributed by atoms with Crippen molar-refractivity contribution < 1.29 is 9.90 Å². The summed E-state index contributed by atoms with van der Waals surface area (Å²) in [6, 6.07) is 8.16. The van der Waals surface area contributed by atoms with Crippen LogP contribution in [0.15, 0.2) is 30.3 Å². The lowest BCUT2D eigenvalue weighted by Gasteiger charge is -2.17. The topological polar surface area (TPSA) is 37.3 Å². The zero-order chi connectivity index (χ0) is 12.9. The Morgan fingerprint density at radius 1 is 1.35 bits per heavy atom. The first kappa shape index (κ1) is 13.5. The standard InChI is InChI=1S/C15H20O2/c1-12-8-4-5-9-13(12)10-6-7-11-15(2,3)14(16)17/h4-6,8-10H,7,11H2,1-3H3,(H,16,17)/b10-6+. The summed E-state index contributed by atoms with van der Waals surface area (Å²) in [4.78, 5) is 10.9. The van der Waals surface area contributed by atoms with Crippen LogP contribution >= 0.6 is 0 Å². The number of benzene rings is 1. The number of carboxylic acids is 1. The number of carbonyl (C=O) groups is 1. The number of hydrogen-bond donors (Lipinski definition) is 1. The third-order valence-electron chi connectivity index (χ3n) is 3.00. The molecule has 0 radical (unpaired) electrons. The number of carboxylic acid groups (broad SMARTS) is 1. The predicted octanol–water partition coefficient (Wildman–Crippen LogP) is 3.90. The van der Waals surface area contributed by atoms with Crippen LogP contribution in [-0.2, 0) is 4.79 Å². The Morgan fingerprint density at radius 2 is 2.00 bits per heavy atom. The molecule has 1 rings (SSSR count). The molecular weight excluding hydrogens is 212 g/mol. The van der Waals surface area contributed by atoms with Gasteiger partial charge in [-0.25, -0.2) is 0 Å². The summed E-state index contributed by atoms with van der Waals surface area (Å²) in [6.45, 7) is 5.59. The van der Waals surface area contributed by atoms with Crippen LogP contribution in [-0.4, -0.2) is 11.1 Å². The van der Waals surface area contributed by atoms with Gasteiger partial charge in [-0.2, -0.15) is 0 Å². The van der Waals surface area contributed by atoms with Crippen molar-refractivity contribution >= 4 is 12.0 Å². The van der Waals surface area contributed by atoms with Gasteiger partial charge in [0.25, 0.3) is 0 Å². The summed E-state index contributed by atoms with van der Waals surface area (Å²) in [5.41, 5.74) is 1.79. The second-order valence-electron chi connectivity index (χ2n) is 4.99. The summed E-state index contributed by atoms with van der Waals surface area (Å²) in [6.07, 6.45) is 5.55. The SMILES string of the molecule is Cc1ccccc1/C=C/CCC(C)(C)C(=O)O. The van der Waals surface area contributed by atoms with E-state index in [1.54, 1.807) is 13.8 Å². The molecule has 0 atom stereocenters. The number of allylic oxidation sites excluding steroid dienone is 1. The van der Waals surface area contributed by atoms with Gasteiger partial charge in [-0.05, 0) is 44.7 Å². The molecule has 0 aliphatic carbocycles. The predicted molar refractivity (Wildman–Crippen MR) is 70.9 cm³/mol. The van der Waals surface area contributed by atoms with Gasteiger partial charge in [-0.15, -0.1) is 0 Å². The average molecular weight is 232 g/mol. The molecule has 0 saturated heterocycles. The molecule has 1 aromatic rings. The Kier molecular flexibility index (Phi) is 4.50. The van der Waals surface area contributed by atoms with Crippen molar-refractivity contribution in [1.82, 2.24) is 0 Å². The molecular formula is C15H20O2. The van der Waals surface area contributed by atoms with Crippen LogP contribution in [0.3, 0.4) is 0 Å². The van der Waals surface area contributed by atoms with Crippen molar-refractivity contribution in [2.75, 3.05) is 0 Å². The van der Waals surface area contributed by atoms with E-state index >= 15 is 0 Å². The third kappa shape index (κ3) is 4.06. The van der Waals surface area contributed by atoms with Crippen LogP contribution in [0.5, 0.6) is 0 Å². The molecule has 0 fully saturated rings. The highest BCUT2D eigenvalue weighted by molar-refractivity contribution is 5.73. The van der Waals surface area contributed by atoms with Gasteiger partial charge >= 0.3 is 5.97 Å². The molecule has 2 nitrogen and oxygen atoms in total. The first-order chi connectivity index (χ1) is 7.93. The van der Waals surface area contributed by atoms with E-state index in [0.29, 0.717) is 6.42 Å². The minimum Gasteiger partial charge on any atom is -0.481 e. The lowest BCUT2D eigenvalue weighted by Crippen LogP contribution is -2.22.